The summed E-state index contributed by atoms with van der Waals surface area (Å²) in [6.07, 6.45) is -0.208. The zero-order valence-corrected chi connectivity index (χ0v) is 22.4. The molecular weight excluding hydrogens is 562 g/mol. The van der Waals surface area contributed by atoms with Crippen molar-refractivity contribution in [1.82, 2.24) is 0 Å². The van der Waals surface area contributed by atoms with E-state index < -0.39 is 63.5 Å². The predicted molar refractivity (Wildman–Crippen MR) is 142 cm³/mol. The molecule has 0 atom stereocenters. The van der Waals surface area contributed by atoms with Gasteiger partial charge in [0.2, 0.25) is 5.91 Å². The third-order valence-corrected chi connectivity index (χ3v) is 4.92. The molecule has 18 heteroatoms. The molecule has 0 aliphatic heterocycles. The fourth-order valence-electron chi connectivity index (χ4n) is 3.13. The van der Waals surface area contributed by atoms with Crippen molar-refractivity contribution in [2.75, 3.05) is 37.5 Å². The van der Waals surface area contributed by atoms with Gasteiger partial charge in [0.25, 0.3) is 5.69 Å². The lowest BCUT2D eigenvalue weighted by atomic mass is 10.1. The molecule has 0 aliphatic carbocycles. The number of nitro groups is 2. The number of Topliss-reactive ketones (excluding diaryl/α,β-unsaturated/α-hetero) is 1. The topological polar surface area (TPSA) is 255 Å². The number of anilines is 2. The number of methoxy groups -OCH3 is 1. The van der Waals surface area contributed by atoms with Gasteiger partial charge in [-0.1, -0.05) is 0 Å². The smallest absolute Gasteiger partial charge is 0.344 e. The largest absolute Gasteiger partial charge is 0.495 e. The second-order valence-electron chi connectivity index (χ2n) is 8.14. The van der Waals surface area contributed by atoms with Crippen LogP contribution in [-0.4, -0.2) is 60.3 Å². The van der Waals surface area contributed by atoms with Crippen LogP contribution < -0.4 is 15.4 Å². The van der Waals surface area contributed by atoms with Crippen LogP contribution in [0.3, 0.4) is 0 Å². The Labute approximate surface area is 236 Å². The Kier molecular flexibility index (Phi) is 11.5. The van der Waals surface area contributed by atoms with Crippen LogP contribution in [0.2, 0.25) is 0 Å². The molecule has 0 aromatic heterocycles. The van der Waals surface area contributed by atoms with Gasteiger partial charge in [-0.25, -0.2) is 4.79 Å². The third-order valence-electron chi connectivity index (χ3n) is 4.92. The summed E-state index contributed by atoms with van der Waals surface area (Å²) in [7, 11) is 1.30. The quantitative estimate of drug-likeness (QED) is 0.140. The van der Waals surface area contributed by atoms with Crippen LogP contribution in [0.25, 0.3) is 0 Å². The highest BCUT2D eigenvalue weighted by atomic mass is 16.6. The van der Waals surface area contributed by atoms with Gasteiger partial charge < -0.3 is 24.8 Å². The number of carbonyl (C=O) groups is 4. The van der Waals surface area contributed by atoms with Gasteiger partial charge in [-0.05, 0) is 13.0 Å². The number of benzene rings is 2. The van der Waals surface area contributed by atoms with E-state index in [2.05, 4.69) is 25.6 Å². The van der Waals surface area contributed by atoms with Crippen LogP contribution in [0, 0.1) is 31.6 Å². The monoisotopic (exact) mass is 585 g/mol. The van der Waals surface area contributed by atoms with Crippen molar-refractivity contribution in [3.63, 3.8) is 0 Å². The zero-order valence-electron chi connectivity index (χ0n) is 22.4. The number of nitrogens with zero attached hydrogens (tertiary/aromatic N) is 5. The second-order valence-corrected chi connectivity index (χ2v) is 8.14. The Morgan fingerprint density at radius 1 is 0.952 bits per heavy atom. The highest BCUT2D eigenvalue weighted by Crippen LogP contribution is 2.40. The van der Waals surface area contributed by atoms with Gasteiger partial charge >= 0.3 is 17.6 Å². The van der Waals surface area contributed by atoms with E-state index in [-0.39, 0.29) is 41.6 Å². The maximum absolute atomic E-state index is 11.9. The summed E-state index contributed by atoms with van der Waals surface area (Å²) in [5.74, 6) is -2.41. The minimum Gasteiger partial charge on any atom is -0.495 e. The first-order chi connectivity index (χ1) is 19.9. The van der Waals surface area contributed by atoms with Crippen molar-refractivity contribution in [2.24, 2.45) is 10.2 Å². The number of nitrogens with one attached hydrogen (secondary N) is 2. The Morgan fingerprint density at radius 3 is 2.21 bits per heavy atom. The molecule has 2 aromatic rings. The van der Waals surface area contributed by atoms with Crippen molar-refractivity contribution >= 4 is 57.8 Å². The average Bonchev–Trinajstić information content (AvgIpc) is 2.93. The van der Waals surface area contributed by atoms with Crippen LogP contribution in [0.1, 0.15) is 25.8 Å². The summed E-state index contributed by atoms with van der Waals surface area (Å²) in [6.45, 7) is 1.29. The van der Waals surface area contributed by atoms with Crippen molar-refractivity contribution in [3.05, 3.63) is 50.1 Å². The van der Waals surface area contributed by atoms with E-state index in [1.165, 1.54) is 33.1 Å². The molecule has 2 rings (SSSR count). The van der Waals surface area contributed by atoms with Gasteiger partial charge in [-0.3, -0.25) is 34.6 Å². The first kappa shape index (κ1) is 32.2. The van der Waals surface area contributed by atoms with Gasteiger partial charge in [-0.15, -0.1) is 10.2 Å². The van der Waals surface area contributed by atoms with Gasteiger partial charge in [0.1, 0.15) is 24.1 Å². The number of ether oxygens (including phenoxy) is 3. The molecule has 0 unspecified atom stereocenters. The minimum absolute atomic E-state index is 0.0153. The molecule has 0 spiro atoms. The third kappa shape index (κ3) is 9.33. The average molecular weight is 585 g/mol. The summed E-state index contributed by atoms with van der Waals surface area (Å²) in [6, 6.07) is 5.73. The molecule has 0 radical (unpaired) electrons. The molecule has 2 aromatic carbocycles. The van der Waals surface area contributed by atoms with Crippen molar-refractivity contribution < 1.29 is 43.2 Å². The number of carbonyl (C=O) groups excluding carboxylic acids is 4. The molecule has 0 saturated carbocycles. The van der Waals surface area contributed by atoms with Crippen LogP contribution >= 0.6 is 0 Å². The summed E-state index contributed by atoms with van der Waals surface area (Å²) in [5, 5.41) is 45.1. The lowest BCUT2D eigenvalue weighted by Gasteiger charge is -2.15. The molecule has 2 N–H and O–H groups in total. The molecular formula is C24H23N7O11. The number of amides is 1. The minimum atomic E-state index is -0.954. The molecule has 0 fully saturated rings. The Hall–Kier alpha value is -5.99. The number of rotatable bonds is 14. The molecule has 0 bridgehead atoms. The molecule has 220 valence electrons. The van der Waals surface area contributed by atoms with Crippen molar-refractivity contribution in [1.29, 1.82) is 5.26 Å². The number of esters is 2. The van der Waals surface area contributed by atoms with Gasteiger partial charge in [-0.2, -0.15) is 5.26 Å². The van der Waals surface area contributed by atoms with Crippen LogP contribution in [0.4, 0.5) is 34.1 Å². The molecule has 18 nitrogen and oxygen atoms in total. The van der Waals surface area contributed by atoms with Crippen molar-refractivity contribution in [2.45, 2.75) is 20.3 Å². The lowest BCUT2D eigenvalue weighted by Crippen LogP contribution is -2.20. The first-order valence-corrected chi connectivity index (χ1v) is 11.7. The highest BCUT2D eigenvalue weighted by molar-refractivity contribution is 5.94. The molecule has 0 saturated heterocycles. The van der Waals surface area contributed by atoms with Crippen LogP contribution in [0.5, 0.6) is 5.75 Å². The summed E-state index contributed by atoms with van der Waals surface area (Å²) < 4.78 is 14.7. The number of hydrogen-bond donors (Lipinski definition) is 2. The zero-order chi connectivity index (χ0) is 31.4. The Balaban J connectivity index is 2.30. The lowest BCUT2D eigenvalue weighted by molar-refractivity contribution is -0.393. The molecule has 0 aliphatic rings. The van der Waals surface area contributed by atoms with E-state index in [1.54, 1.807) is 6.07 Å². The maximum Gasteiger partial charge on any atom is 0.344 e. The fourth-order valence-corrected chi connectivity index (χ4v) is 3.13. The van der Waals surface area contributed by atoms with E-state index in [0.29, 0.717) is 6.07 Å². The fraction of sp³-hybridized carbons (Fsp3) is 0.292. The Morgan fingerprint density at radius 2 is 1.64 bits per heavy atom. The van der Waals surface area contributed by atoms with E-state index >= 15 is 0 Å². The van der Waals surface area contributed by atoms with Crippen LogP contribution in [-0.2, 0) is 28.7 Å². The van der Waals surface area contributed by atoms with E-state index in [4.69, 9.17) is 9.47 Å². The second kappa shape index (κ2) is 15.0. The van der Waals surface area contributed by atoms with E-state index in [1.807, 2.05) is 0 Å². The maximum atomic E-state index is 11.9. The number of azo groups is 1. The normalized spacial score (nSPS) is 10.3. The Bertz CT molecular complexity index is 1500. The first-order valence-electron chi connectivity index (χ1n) is 11.7. The van der Waals surface area contributed by atoms with E-state index in [9.17, 15) is 44.7 Å². The van der Waals surface area contributed by atoms with Gasteiger partial charge in [0.15, 0.2) is 18.1 Å². The molecule has 42 heavy (non-hydrogen) atoms. The molecule has 0 heterocycles. The number of nitriles is 1. The summed E-state index contributed by atoms with van der Waals surface area (Å²) >= 11 is 0. The molecule has 1 amide bonds. The summed E-state index contributed by atoms with van der Waals surface area (Å²) in [4.78, 5) is 66.8. The predicted octanol–water partition coefficient (Wildman–Crippen LogP) is 3.23. The van der Waals surface area contributed by atoms with E-state index in [0.717, 1.165) is 6.07 Å². The highest BCUT2D eigenvalue weighted by Gasteiger charge is 2.25. The standard InChI is InChI=1S/C24H23N7O11/c1-13(32)11-41-23(35)12-42-22(34)4-5-26-19-8-17(27-14(2)33)18(9-21(19)40-3)28-29-24-15(10-25)6-16(30(36)37)7-20(24)31(38)39/h6-9,26H,4-5,11-12H2,1-3H3,(H,27,33). The van der Waals surface area contributed by atoms with Crippen molar-refractivity contribution in [3.8, 4) is 11.8 Å². The number of nitro benzene ring substituents is 2. The summed E-state index contributed by atoms with van der Waals surface area (Å²) in [5.41, 5.74) is -2.30. The van der Waals surface area contributed by atoms with Gasteiger partial charge in [0.05, 0.1) is 46.4 Å². The number of hydrogen-bond acceptors (Lipinski definition) is 15. The van der Waals surface area contributed by atoms with Gasteiger partial charge in [0, 0.05) is 25.6 Å². The number of ketones is 1. The number of non-ortho nitro benzene ring substituents is 1. The van der Waals surface area contributed by atoms with Crippen LogP contribution in [0.15, 0.2) is 34.5 Å². The SMILES string of the molecule is COc1cc(N=Nc2c(C#N)cc([N+](=O)[O-])cc2[N+](=O)[O-])c(NC(C)=O)cc1NCCC(=O)OCC(=O)OCC(C)=O.